The van der Waals surface area contributed by atoms with Crippen LogP contribution in [0.15, 0.2) is 48.6 Å². The maximum Gasteiger partial charge on any atom is 0.308 e. The molecule has 0 aliphatic heterocycles. The van der Waals surface area contributed by atoms with Crippen LogP contribution in [0.1, 0.15) is 163 Å². The van der Waals surface area contributed by atoms with Crippen LogP contribution in [0.2, 0.25) is 0 Å². The van der Waals surface area contributed by atoms with Crippen molar-refractivity contribution in [3.8, 4) is 0 Å². The van der Waals surface area contributed by atoms with Gasteiger partial charge in [-0.05, 0) is 99.2 Å². The highest BCUT2D eigenvalue weighted by Crippen LogP contribution is 2.56. The van der Waals surface area contributed by atoms with Gasteiger partial charge in [0.25, 0.3) is 0 Å². The van der Waals surface area contributed by atoms with Crippen molar-refractivity contribution in [1.82, 2.24) is 0 Å². The Morgan fingerprint density at radius 1 is 0.938 bits per heavy atom. The average Bonchev–Trinajstić information content (AvgIpc) is 3.15. The lowest BCUT2D eigenvalue weighted by molar-refractivity contribution is -0.151. The maximum absolute atomic E-state index is 12.8. The van der Waals surface area contributed by atoms with E-state index in [1.807, 2.05) is 19.1 Å². The largest absolute Gasteiger partial charge is 0.469 e. The van der Waals surface area contributed by atoms with E-state index in [2.05, 4.69) is 45.6 Å². The highest BCUT2D eigenvalue weighted by molar-refractivity contribution is 5.71. The van der Waals surface area contributed by atoms with Crippen molar-refractivity contribution >= 4 is 11.9 Å². The quantitative estimate of drug-likeness (QED) is 0.0597. The molecular formula is C44H72O4. The molecule has 2 saturated carbocycles. The van der Waals surface area contributed by atoms with Crippen LogP contribution in [0.3, 0.4) is 0 Å². The van der Waals surface area contributed by atoms with E-state index in [0.29, 0.717) is 12.3 Å². The number of hydrogen-bond acceptors (Lipinski definition) is 4. The van der Waals surface area contributed by atoms with Gasteiger partial charge in [-0.2, -0.15) is 0 Å². The molecule has 2 fully saturated rings. The van der Waals surface area contributed by atoms with Crippen LogP contribution >= 0.6 is 0 Å². The van der Waals surface area contributed by atoms with E-state index < -0.39 is 0 Å². The number of esters is 2. The van der Waals surface area contributed by atoms with Crippen LogP contribution < -0.4 is 0 Å². The number of methoxy groups -OCH3 is 1. The van der Waals surface area contributed by atoms with E-state index >= 15 is 0 Å². The molecule has 8 atom stereocenters. The summed E-state index contributed by atoms with van der Waals surface area (Å²) in [5.41, 5.74) is 1.85. The van der Waals surface area contributed by atoms with Crippen molar-refractivity contribution in [2.24, 2.45) is 40.9 Å². The van der Waals surface area contributed by atoms with Gasteiger partial charge >= 0.3 is 11.9 Å². The Morgan fingerprint density at radius 3 is 2.44 bits per heavy atom. The van der Waals surface area contributed by atoms with Crippen molar-refractivity contribution < 1.29 is 19.1 Å². The van der Waals surface area contributed by atoms with Gasteiger partial charge in [0, 0.05) is 12.8 Å². The fourth-order valence-corrected chi connectivity index (χ4v) is 9.55. The van der Waals surface area contributed by atoms with Gasteiger partial charge in [0.2, 0.25) is 0 Å². The summed E-state index contributed by atoms with van der Waals surface area (Å²) in [7, 11) is 1.50. The number of carbonyl (C=O) groups is 2. The zero-order chi connectivity index (χ0) is 34.8. The highest BCUT2D eigenvalue weighted by atomic mass is 16.5. The second-order valence-electron chi connectivity index (χ2n) is 16.1. The third-order valence-electron chi connectivity index (χ3n) is 12.7. The standard InChI is InChI=1S/C44H72O4/c1-7-8-9-10-11-12-13-14-15-16-17-18-19-26-42(45)48-39-31-32-44(5)38(33-39)29-28-37-24-21-25-40(35(3)27-30-41(37)44)34(2)22-20-23-36(4)43(46)47-6/h7-11,29,34-37,39-41H,1,12-28,30-33H2,2-6H3. The van der Waals surface area contributed by atoms with Crippen LogP contribution in [0.4, 0.5) is 0 Å². The zero-order valence-electron chi connectivity index (χ0n) is 31.7. The van der Waals surface area contributed by atoms with Gasteiger partial charge in [-0.15, -0.1) is 0 Å². The number of unbranched alkanes of at least 4 members (excludes halogenated alkanes) is 7. The maximum atomic E-state index is 12.8. The van der Waals surface area contributed by atoms with Crippen molar-refractivity contribution in [3.05, 3.63) is 48.6 Å². The van der Waals surface area contributed by atoms with E-state index in [1.54, 1.807) is 11.6 Å². The van der Waals surface area contributed by atoms with Gasteiger partial charge in [0.05, 0.1) is 13.0 Å². The van der Waals surface area contributed by atoms with Gasteiger partial charge in [-0.1, -0.05) is 134 Å². The normalized spacial score (nSPS) is 29.1. The summed E-state index contributed by atoms with van der Waals surface area (Å²) < 4.78 is 11.0. The Kier molecular flexibility index (Phi) is 18.4. The molecule has 8 unspecified atom stereocenters. The minimum atomic E-state index is -0.0736. The SMILES string of the molecule is C=CC=CC=CCCCCCCCCCC(=O)OC1CCC2(C)C(=CCC3CCCC(C(C)CCCC(C)C(=O)OC)C(C)CCC32)C1. The Hall–Kier alpha value is -2.10. The zero-order valence-corrected chi connectivity index (χ0v) is 31.7. The minimum absolute atomic E-state index is 0.00352. The van der Waals surface area contributed by atoms with Crippen molar-refractivity contribution in [1.29, 1.82) is 0 Å². The van der Waals surface area contributed by atoms with Crippen LogP contribution in [0.5, 0.6) is 0 Å². The first-order chi connectivity index (χ1) is 23.2. The molecule has 0 aromatic heterocycles. The predicted octanol–water partition coefficient (Wildman–Crippen LogP) is 12.3. The first-order valence-electron chi connectivity index (χ1n) is 20.1. The molecule has 0 aromatic carbocycles. The molecule has 272 valence electrons. The first kappa shape index (κ1) is 40.3. The summed E-state index contributed by atoms with van der Waals surface area (Å²) in [6.45, 7) is 13.2. The van der Waals surface area contributed by atoms with Gasteiger partial charge in [-0.25, -0.2) is 0 Å². The van der Waals surface area contributed by atoms with E-state index in [9.17, 15) is 9.59 Å². The van der Waals surface area contributed by atoms with Crippen LogP contribution in [0.25, 0.3) is 0 Å². The monoisotopic (exact) mass is 665 g/mol. The summed E-state index contributed by atoms with van der Waals surface area (Å²) in [5, 5.41) is 0. The van der Waals surface area contributed by atoms with E-state index in [1.165, 1.54) is 84.2 Å². The molecule has 3 aliphatic rings. The Bertz CT molecular complexity index is 1050. The Balaban J connectivity index is 1.37. The second-order valence-corrected chi connectivity index (χ2v) is 16.1. The summed E-state index contributed by atoms with van der Waals surface area (Å²) in [6, 6.07) is 0. The molecule has 48 heavy (non-hydrogen) atoms. The molecule has 4 nitrogen and oxygen atoms in total. The van der Waals surface area contributed by atoms with E-state index in [0.717, 1.165) is 75.0 Å². The molecular weight excluding hydrogens is 592 g/mol. The fraction of sp³-hybridized carbons (Fsp3) is 0.773. The predicted molar refractivity (Wildman–Crippen MR) is 201 cm³/mol. The topological polar surface area (TPSA) is 52.6 Å². The van der Waals surface area contributed by atoms with Crippen molar-refractivity contribution in [2.75, 3.05) is 7.11 Å². The highest BCUT2D eigenvalue weighted by Gasteiger charge is 2.47. The molecule has 0 amide bonds. The third kappa shape index (κ3) is 13.0. The fourth-order valence-electron chi connectivity index (χ4n) is 9.55. The molecule has 0 saturated heterocycles. The Morgan fingerprint density at radius 2 is 1.69 bits per heavy atom. The van der Waals surface area contributed by atoms with Gasteiger partial charge < -0.3 is 9.47 Å². The molecule has 0 aromatic rings. The average molecular weight is 665 g/mol. The summed E-state index contributed by atoms with van der Waals surface area (Å²) in [6.07, 6.45) is 37.1. The lowest BCUT2D eigenvalue weighted by atomic mass is 9.55. The van der Waals surface area contributed by atoms with Crippen molar-refractivity contribution in [2.45, 2.75) is 169 Å². The first-order valence-corrected chi connectivity index (χ1v) is 20.1. The minimum Gasteiger partial charge on any atom is -0.469 e. The molecule has 3 rings (SSSR count). The summed E-state index contributed by atoms with van der Waals surface area (Å²) in [4.78, 5) is 24.6. The van der Waals surface area contributed by atoms with Gasteiger partial charge in [0.15, 0.2) is 0 Å². The molecule has 0 radical (unpaired) electrons. The summed E-state index contributed by atoms with van der Waals surface area (Å²) in [5.74, 6) is 3.71. The molecule has 4 heteroatoms. The van der Waals surface area contributed by atoms with Crippen LogP contribution in [-0.2, 0) is 19.1 Å². The number of rotatable bonds is 19. The molecule has 0 N–H and O–H groups in total. The van der Waals surface area contributed by atoms with Crippen molar-refractivity contribution in [3.63, 3.8) is 0 Å². The van der Waals surface area contributed by atoms with E-state index in [4.69, 9.17) is 9.47 Å². The Labute approximate surface area is 295 Å². The molecule has 0 spiro atoms. The number of fused-ring (bicyclic) bond motifs is 3. The number of ether oxygens (including phenoxy) is 2. The number of allylic oxidation sites excluding steroid dienone is 6. The van der Waals surface area contributed by atoms with Gasteiger partial charge in [0.1, 0.15) is 6.10 Å². The lowest BCUT2D eigenvalue weighted by Crippen LogP contribution is -2.43. The lowest BCUT2D eigenvalue weighted by Gasteiger charge is -2.51. The molecule has 3 aliphatic carbocycles. The molecule has 0 bridgehead atoms. The summed E-state index contributed by atoms with van der Waals surface area (Å²) >= 11 is 0. The van der Waals surface area contributed by atoms with Crippen LogP contribution in [0, 0.1) is 40.9 Å². The third-order valence-corrected chi connectivity index (χ3v) is 12.7. The second kappa shape index (κ2) is 21.9. The smallest absolute Gasteiger partial charge is 0.308 e. The molecule has 0 heterocycles. The number of hydrogen-bond donors (Lipinski definition) is 0. The van der Waals surface area contributed by atoms with Crippen LogP contribution in [-0.4, -0.2) is 25.2 Å². The number of carbonyl (C=O) groups excluding carboxylic acids is 2. The van der Waals surface area contributed by atoms with Gasteiger partial charge in [-0.3, -0.25) is 9.59 Å². The van der Waals surface area contributed by atoms with E-state index in [-0.39, 0.29) is 29.4 Å².